The predicted octanol–water partition coefficient (Wildman–Crippen LogP) is 3.96. The van der Waals surface area contributed by atoms with Crippen molar-refractivity contribution < 1.29 is 13.2 Å². The van der Waals surface area contributed by atoms with E-state index in [0.717, 1.165) is 5.56 Å². The Hall–Kier alpha value is -1.76. The predicted molar refractivity (Wildman–Crippen MR) is 101 cm³/mol. The van der Waals surface area contributed by atoms with Gasteiger partial charge in [0.2, 0.25) is 10.0 Å². The fraction of sp³-hybridized carbons (Fsp3) is 0.235. The highest BCUT2D eigenvalue weighted by Crippen LogP contribution is 2.35. The third-order valence-corrected chi connectivity index (χ3v) is 5.86. The molecule has 2 aromatic rings. The number of halogens is 2. The maximum Gasteiger partial charge on any atom is 0.255 e. The van der Waals surface area contributed by atoms with Gasteiger partial charge >= 0.3 is 0 Å². The first-order chi connectivity index (χ1) is 11.7. The van der Waals surface area contributed by atoms with Gasteiger partial charge in [-0.3, -0.25) is 9.10 Å². The molecule has 0 saturated heterocycles. The Morgan fingerprint density at radius 2 is 1.92 bits per heavy atom. The van der Waals surface area contributed by atoms with E-state index in [1.807, 2.05) is 6.92 Å². The zero-order valence-corrected chi connectivity index (χ0v) is 15.9. The minimum atomic E-state index is -3.36. The number of rotatable bonds is 3. The summed E-state index contributed by atoms with van der Waals surface area (Å²) in [6.07, 6.45) is 1.74. The summed E-state index contributed by atoms with van der Waals surface area (Å²) in [4.78, 5) is 12.5. The zero-order valence-electron chi connectivity index (χ0n) is 13.6. The average Bonchev–Trinajstić information content (AvgIpc) is 2.85. The van der Waals surface area contributed by atoms with Crippen LogP contribution in [-0.4, -0.2) is 26.6 Å². The van der Waals surface area contributed by atoms with Crippen LogP contribution in [0.3, 0.4) is 0 Å². The highest BCUT2D eigenvalue weighted by atomic mass is 35.5. The summed E-state index contributed by atoms with van der Waals surface area (Å²) in [5, 5.41) is 3.57. The Bertz CT molecular complexity index is 960. The van der Waals surface area contributed by atoms with E-state index in [1.165, 1.54) is 10.6 Å². The first-order valence-electron chi connectivity index (χ1n) is 7.55. The Morgan fingerprint density at radius 1 is 1.20 bits per heavy atom. The number of nitrogens with zero attached hydrogens (tertiary/aromatic N) is 1. The highest BCUT2D eigenvalue weighted by molar-refractivity contribution is 7.92. The van der Waals surface area contributed by atoms with Gasteiger partial charge in [-0.05, 0) is 55.3 Å². The molecule has 0 spiro atoms. The van der Waals surface area contributed by atoms with Crippen LogP contribution in [0.5, 0.6) is 0 Å². The third-order valence-electron chi connectivity index (χ3n) is 4.03. The van der Waals surface area contributed by atoms with Crippen molar-refractivity contribution in [2.45, 2.75) is 19.4 Å². The molecular weight excluding hydrogens is 383 g/mol. The minimum absolute atomic E-state index is 0.175. The fourth-order valence-electron chi connectivity index (χ4n) is 3.04. The molecule has 5 nitrogen and oxygen atoms in total. The van der Waals surface area contributed by atoms with E-state index in [4.69, 9.17) is 23.2 Å². The van der Waals surface area contributed by atoms with Crippen molar-refractivity contribution in [3.63, 3.8) is 0 Å². The first-order valence-corrected chi connectivity index (χ1v) is 10.2. The maximum atomic E-state index is 12.5. The normalized spacial score (nSPS) is 16.6. The topological polar surface area (TPSA) is 66.5 Å². The number of hydrogen-bond acceptors (Lipinski definition) is 3. The number of sulfonamides is 1. The molecule has 8 heteroatoms. The molecule has 0 fully saturated rings. The lowest BCUT2D eigenvalue weighted by Crippen LogP contribution is -2.34. The van der Waals surface area contributed by atoms with Gasteiger partial charge in [0.25, 0.3) is 5.91 Å². The van der Waals surface area contributed by atoms with E-state index in [1.54, 1.807) is 36.4 Å². The van der Waals surface area contributed by atoms with Crippen molar-refractivity contribution in [3.8, 4) is 0 Å². The number of hydrogen-bond donors (Lipinski definition) is 1. The first kappa shape index (κ1) is 18.0. The van der Waals surface area contributed by atoms with Crippen molar-refractivity contribution >= 4 is 50.5 Å². The van der Waals surface area contributed by atoms with Crippen LogP contribution in [0.25, 0.3) is 0 Å². The molecule has 0 radical (unpaired) electrons. The number of nitrogens with one attached hydrogen (secondary N) is 1. The molecule has 0 saturated carbocycles. The van der Waals surface area contributed by atoms with E-state index in [-0.39, 0.29) is 11.9 Å². The molecule has 132 valence electrons. The van der Waals surface area contributed by atoms with Gasteiger partial charge in [-0.1, -0.05) is 23.2 Å². The van der Waals surface area contributed by atoms with E-state index in [9.17, 15) is 13.2 Å². The Balaban J connectivity index is 1.89. The van der Waals surface area contributed by atoms with Crippen LogP contribution in [0.2, 0.25) is 10.0 Å². The summed E-state index contributed by atoms with van der Waals surface area (Å²) in [5.74, 6) is -0.336. The number of fused-ring (bicyclic) bond motifs is 1. The van der Waals surface area contributed by atoms with E-state index in [2.05, 4.69) is 5.32 Å². The molecule has 2 aromatic carbocycles. The van der Waals surface area contributed by atoms with Gasteiger partial charge in [0, 0.05) is 16.6 Å². The van der Waals surface area contributed by atoms with Gasteiger partial charge in [-0.25, -0.2) is 8.42 Å². The van der Waals surface area contributed by atoms with Crippen molar-refractivity contribution in [2.24, 2.45) is 0 Å². The van der Waals surface area contributed by atoms with E-state index < -0.39 is 10.0 Å². The van der Waals surface area contributed by atoms with Gasteiger partial charge < -0.3 is 5.32 Å². The molecule has 0 bridgehead atoms. The molecule has 1 N–H and O–H groups in total. The quantitative estimate of drug-likeness (QED) is 0.850. The largest absolute Gasteiger partial charge is 0.321 e. The van der Waals surface area contributed by atoms with Crippen LogP contribution in [0.1, 0.15) is 22.8 Å². The molecule has 1 aliphatic heterocycles. The van der Waals surface area contributed by atoms with Gasteiger partial charge in [-0.15, -0.1) is 0 Å². The van der Waals surface area contributed by atoms with Crippen LogP contribution < -0.4 is 9.62 Å². The standard InChI is InChI=1S/C17H16Cl2N2O3S/c1-10-7-12-8-11(3-6-16(12)21(10)25(2,23)24)17(22)20-15-9-13(18)4-5-14(15)19/h3-6,8-10H,7H2,1-2H3,(H,20,22)/t10-/m1/s1. The lowest BCUT2D eigenvalue weighted by atomic mass is 10.1. The molecule has 1 atom stereocenters. The van der Waals surface area contributed by atoms with Crippen molar-refractivity contribution in [1.82, 2.24) is 0 Å². The summed E-state index contributed by atoms with van der Waals surface area (Å²) in [6, 6.07) is 9.61. The summed E-state index contributed by atoms with van der Waals surface area (Å²) >= 11 is 12.0. The van der Waals surface area contributed by atoms with Crippen molar-refractivity contribution in [1.29, 1.82) is 0 Å². The molecule has 0 unspecified atom stereocenters. The average molecular weight is 399 g/mol. The molecule has 25 heavy (non-hydrogen) atoms. The van der Waals surface area contributed by atoms with Crippen LogP contribution in [-0.2, 0) is 16.4 Å². The molecule has 1 amide bonds. The second-order valence-electron chi connectivity index (χ2n) is 6.03. The monoisotopic (exact) mass is 398 g/mol. The second-order valence-corrected chi connectivity index (χ2v) is 8.74. The summed E-state index contributed by atoms with van der Waals surface area (Å²) in [6.45, 7) is 1.84. The molecule has 3 rings (SSSR count). The molecule has 0 aromatic heterocycles. The lowest BCUT2D eigenvalue weighted by molar-refractivity contribution is 0.102. The SMILES string of the molecule is C[C@@H]1Cc2cc(C(=O)Nc3cc(Cl)ccc3Cl)ccc2N1S(C)(=O)=O. The minimum Gasteiger partial charge on any atom is -0.321 e. The van der Waals surface area contributed by atoms with E-state index >= 15 is 0 Å². The van der Waals surface area contributed by atoms with E-state index in [0.29, 0.717) is 33.4 Å². The maximum absolute atomic E-state index is 12.5. The van der Waals surface area contributed by atoms with Crippen molar-refractivity contribution in [2.75, 3.05) is 15.9 Å². The van der Waals surface area contributed by atoms with Crippen LogP contribution in [0.15, 0.2) is 36.4 Å². The Kier molecular flexibility index (Phi) is 4.70. The number of carbonyl (C=O) groups is 1. The molecule has 1 heterocycles. The highest BCUT2D eigenvalue weighted by Gasteiger charge is 2.32. The van der Waals surface area contributed by atoms with Crippen LogP contribution in [0, 0.1) is 0 Å². The molecular formula is C17H16Cl2N2O3S. The van der Waals surface area contributed by atoms with Gasteiger partial charge in [0.05, 0.1) is 22.7 Å². The smallest absolute Gasteiger partial charge is 0.255 e. The summed E-state index contributed by atoms with van der Waals surface area (Å²) in [7, 11) is -3.36. The number of carbonyl (C=O) groups excluding carboxylic acids is 1. The van der Waals surface area contributed by atoms with Crippen LogP contribution in [0.4, 0.5) is 11.4 Å². The Labute approximate surface area is 156 Å². The van der Waals surface area contributed by atoms with Crippen molar-refractivity contribution in [3.05, 3.63) is 57.6 Å². The third kappa shape index (κ3) is 3.61. The zero-order chi connectivity index (χ0) is 18.4. The molecule has 1 aliphatic rings. The number of amides is 1. The summed E-state index contributed by atoms with van der Waals surface area (Å²) in [5.41, 5.74) is 2.29. The Morgan fingerprint density at radius 3 is 2.60 bits per heavy atom. The summed E-state index contributed by atoms with van der Waals surface area (Å²) < 4.78 is 25.3. The van der Waals surface area contributed by atoms with Gasteiger partial charge in [-0.2, -0.15) is 0 Å². The number of benzene rings is 2. The van der Waals surface area contributed by atoms with Gasteiger partial charge in [0.15, 0.2) is 0 Å². The fourth-order valence-corrected chi connectivity index (χ4v) is 4.64. The van der Waals surface area contributed by atoms with Crippen LogP contribution >= 0.6 is 23.2 Å². The molecule has 0 aliphatic carbocycles. The van der Waals surface area contributed by atoms with Gasteiger partial charge in [0.1, 0.15) is 0 Å². The lowest BCUT2D eigenvalue weighted by Gasteiger charge is -2.21. The second kappa shape index (κ2) is 6.52. The number of anilines is 2.